The van der Waals surface area contributed by atoms with Crippen molar-refractivity contribution in [3.8, 4) is 0 Å². The maximum Gasteiger partial charge on any atom is 0.191 e. The van der Waals surface area contributed by atoms with E-state index in [0.29, 0.717) is 19.1 Å². The van der Waals surface area contributed by atoms with Crippen LogP contribution < -0.4 is 10.6 Å². The fraction of sp³-hybridized carbons (Fsp3) is 0.476. The van der Waals surface area contributed by atoms with Crippen LogP contribution in [-0.4, -0.2) is 51.8 Å². The molecule has 2 N–H and O–H groups in total. The van der Waals surface area contributed by atoms with Gasteiger partial charge in [-0.1, -0.05) is 36.4 Å². The van der Waals surface area contributed by atoms with Crippen molar-refractivity contribution in [2.45, 2.75) is 39.4 Å². The quantitative estimate of drug-likeness (QED) is 0.222. The zero-order valence-electron chi connectivity index (χ0n) is 17.9. The minimum absolute atomic E-state index is 0. The van der Waals surface area contributed by atoms with Crippen LogP contribution in [0.25, 0.3) is 0 Å². The Kier molecular flexibility index (Phi) is 11.5. The molecule has 0 radical (unpaired) electrons. The van der Waals surface area contributed by atoms with Crippen LogP contribution in [0.1, 0.15) is 30.6 Å². The molecule has 0 bridgehead atoms. The lowest BCUT2D eigenvalue weighted by Gasteiger charge is -2.25. The van der Waals surface area contributed by atoms with E-state index in [1.54, 1.807) is 0 Å². The van der Waals surface area contributed by atoms with Crippen LogP contribution in [0.15, 0.2) is 48.0 Å². The first-order chi connectivity index (χ1) is 13.5. The van der Waals surface area contributed by atoms with E-state index in [0.717, 1.165) is 37.1 Å². The second kappa shape index (κ2) is 13.3. The SMILES string of the molecule is C=CCNC(=NCc1nnc(C)n1C)NCCC(C)N(C)Cc1ccccc1.I. The summed E-state index contributed by atoms with van der Waals surface area (Å²) in [5, 5.41) is 14.9. The first-order valence-corrected chi connectivity index (χ1v) is 9.73. The van der Waals surface area contributed by atoms with E-state index < -0.39 is 0 Å². The van der Waals surface area contributed by atoms with E-state index in [-0.39, 0.29) is 24.0 Å². The van der Waals surface area contributed by atoms with E-state index in [1.807, 2.05) is 24.6 Å². The van der Waals surface area contributed by atoms with E-state index in [1.165, 1.54) is 5.56 Å². The normalized spacial score (nSPS) is 12.4. The lowest BCUT2D eigenvalue weighted by Crippen LogP contribution is -2.40. The zero-order valence-corrected chi connectivity index (χ0v) is 20.3. The molecule has 1 aromatic carbocycles. The van der Waals surface area contributed by atoms with E-state index in [2.05, 4.69) is 81.6 Å². The third-order valence-corrected chi connectivity index (χ3v) is 4.86. The highest BCUT2D eigenvalue weighted by Gasteiger charge is 2.10. The van der Waals surface area contributed by atoms with Crippen LogP contribution >= 0.6 is 24.0 Å². The summed E-state index contributed by atoms with van der Waals surface area (Å²) in [5.41, 5.74) is 1.33. The maximum atomic E-state index is 4.62. The summed E-state index contributed by atoms with van der Waals surface area (Å²) in [6.45, 7) is 10.9. The molecule has 0 aliphatic heterocycles. The van der Waals surface area contributed by atoms with Gasteiger partial charge >= 0.3 is 0 Å². The molecule has 1 unspecified atom stereocenters. The largest absolute Gasteiger partial charge is 0.356 e. The van der Waals surface area contributed by atoms with Gasteiger partial charge in [-0.15, -0.1) is 40.8 Å². The molecule has 1 atom stereocenters. The van der Waals surface area contributed by atoms with Gasteiger partial charge in [-0.25, -0.2) is 4.99 Å². The van der Waals surface area contributed by atoms with Crippen molar-refractivity contribution in [1.29, 1.82) is 0 Å². The van der Waals surface area contributed by atoms with Crippen LogP contribution in [0.2, 0.25) is 0 Å². The van der Waals surface area contributed by atoms with Crippen molar-refractivity contribution in [2.75, 3.05) is 20.1 Å². The molecule has 0 amide bonds. The Bertz CT molecular complexity index is 758. The van der Waals surface area contributed by atoms with Gasteiger partial charge in [0.05, 0.1) is 0 Å². The molecule has 160 valence electrons. The Morgan fingerprint density at radius 1 is 1.28 bits per heavy atom. The summed E-state index contributed by atoms with van der Waals surface area (Å²) in [6.07, 6.45) is 2.83. The van der Waals surface area contributed by atoms with Gasteiger partial charge in [0, 0.05) is 32.7 Å². The molecule has 2 aromatic rings. The van der Waals surface area contributed by atoms with Gasteiger partial charge in [0.25, 0.3) is 0 Å². The third-order valence-electron chi connectivity index (χ3n) is 4.86. The molecule has 0 saturated carbocycles. The molecular weight excluding hydrogens is 477 g/mol. The fourth-order valence-corrected chi connectivity index (χ4v) is 2.73. The number of guanidine groups is 1. The smallest absolute Gasteiger partial charge is 0.191 e. The molecule has 0 aliphatic carbocycles. The Hall–Kier alpha value is -1.94. The van der Waals surface area contributed by atoms with Gasteiger partial charge < -0.3 is 15.2 Å². The fourth-order valence-electron chi connectivity index (χ4n) is 2.73. The van der Waals surface area contributed by atoms with Crippen LogP contribution in [0.4, 0.5) is 0 Å². The number of hydrogen-bond donors (Lipinski definition) is 2. The Labute approximate surface area is 191 Å². The molecule has 0 fully saturated rings. The summed E-state index contributed by atoms with van der Waals surface area (Å²) >= 11 is 0. The maximum absolute atomic E-state index is 4.62. The van der Waals surface area contributed by atoms with Gasteiger partial charge in [0.2, 0.25) is 0 Å². The minimum Gasteiger partial charge on any atom is -0.356 e. The highest BCUT2D eigenvalue weighted by atomic mass is 127. The molecule has 0 aliphatic rings. The summed E-state index contributed by atoms with van der Waals surface area (Å²) in [4.78, 5) is 6.99. The highest BCUT2D eigenvalue weighted by Crippen LogP contribution is 2.08. The van der Waals surface area contributed by atoms with Crippen LogP contribution in [-0.2, 0) is 20.1 Å². The monoisotopic (exact) mass is 511 g/mol. The molecule has 0 spiro atoms. The number of aromatic nitrogens is 3. The Morgan fingerprint density at radius 3 is 2.62 bits per heavy atom. The van der Waals surface area contributed by atoms with Crippen LogP contribution in [0.5, 0.6) is 0 Å². The number of benzene rings is 1. The second-order valence-electron chi connectivity index (χ2n) is 7.02. The first-order valence-electron chi connectivity index (χ1n) is 9.73. The molecule has 1 aromatic heterocycles. The van der Waals surface area contributed by atoms with Crippen molar-refractivity contribution in [1.82, 2.24) is 30.3 Å². The van der Waals surface area contributed by atoms with Crippen molar-refractivity contribution in [3.63, 3.8) is 0 Å². The minimum atomic E-state index is 0. The predicted octanol–water partition coefficient (Wildman–Crippen LogP) is 2.87. The summed E-state index contributed by atoms with van der Waals surface area (Å²) < 4.78 is 1.95. The summed E-state index contributed by atoms with van der Waals surface area (Å²) in [5.74, 6) is 2.49. The second-order valence-corrected chi connectivity index (χ2v) is 7.02. The van der Waals surface area contributed by atoms with Crippen molar-refractivity contribution < 1.29 is 0 Å². The number of rotatable bonds is 10. The molecule has 0 saturated heterocycles. The van der Waals surface area contributed by atoms with E-state index in [9.17, 15) is 0 Å². The third kappa shape index (κ3) is 8.53. The number of aliphatic imine (C=N–C) groups is 1. The van der Waals surface area contributed by atoms with Crippen molar-refractivity contribution in [2.24, 2.45) is 12.0 Å². The standard InChI is InChI=1S/C21H33N7.HI/c1-6-13-22-21(24-15-20-26-25-18(3)28(20)5)23-14-12-17(2)27(4)16-19-10-8-7-9-11-19;/h6-11,17H,1,12-16H2,2-5H3,(H2,22,23,24);1H. The molecular formula is C21H34IN7. The average Bonchev–Trinajstić information content (AvgIpc) is 3.02. The number of nitrogens with one attached hydrogen (secondary N) is 2. The lowest BCUT2D eigenvalue weighted by atomic mass is 10.1. The topological polar surface area (TPSA) is 70.4 Å². The Balaban J connectivity index is 0.00000420. The zero-order chi connectivity index (χ0) is 20.4. The van der Waals surface area contributed by atoms with Gasteiger partial charge in [-0.2, -0.15) is 0 Å². The molecule has 1 heterocycles. The first kappa shape index (κ1) is 25.1. The van der Waals surface area contributed by atoms with Gasteiger partial charge in [-0.05, 0) is 32.9 Å². The Morgan fingerprint density at radius 2 is 2.00 bits per heavy atom. The molecule has 2 rings (SSSR count). The molecule has 8 heteroatoms. The van der Waals surface area contributed by atoms with Crippen molar-refractivity contribution in [3.05, 3.63) is 60.2 Å². The van der Waals surface area contributed by atoms with Gasteiger partial charge in [0.15, 0.2) is 11.8 Å². The highest BCUT2D eigenvalue weighted by molar-refractivity contribution is 14.0. The van der Waals surface area contributed by atoms with Crippen molar-refractivity contribution >= 4 is 29.9 Å². The number of halogens is 1. The predicted molar refractivity (Wildman–Crippen MR) is 130 cm³/mol. The van der Waals surface area contributed by atoms with E-state index in [4.69, 9.17) is 0 Å². The van der Waals surface area contributed by atoms with Crippen LogP contribution in [0, 0.1) is 6.92 Å². The number of aryl methyl sites for hydroxylation is 1. The molecule has 29 heavy (non-hydrogen) atoms. The summed E-state index contributed by atoms with van der Waals surface area (Å²) in [6, 6.07) is 11.0. The van der Waals surface area contributed by atoms with Crippen LogP contribution in [0.3, 0.4) is 0 Å². The van der Waals surface area contributed by atoms with Gasteiger partial charge in [0.1, 0.15) is 12.4 Å². The average molecular weight is 511 g/mol. The van der Waals surface area contributed by atoms with E-state index >= 15 is 0 Å². The lowest BCUT2D eigenvalue weighted by molar-refractivity contribution is 0.238. The number of nitrogens with zero attached hydrogens (tertiary/aromatic N) is 5. The van der Waals surface area contributed by atoms with Gasteiger partial charge in [-0.3, -0.25) is 4.90 Å². The number of hydrogen-bond acceptors (Lipinski definition) is 4. The molecule has 7 nitrogen and oxygen atoms in total. The summed E-state index contributed by atoms with van der Waals surface area (Å²) in [7, 11) is 4.12.